The Labute approximate surface area is 138 Å². The molecule has 0 unspecified atom stereocenters. The largest absolute Gasteiger partial charge is 0.465 e. The van der Waals surface area contributed by atoms with Crippen LogP contribution in [0, 0.1) is 10.1 Å². The normalized spacial score (nSPS) is 15.0. The van der Waals surface area contributed by atoms with E-state index in [4.69, 9.17) is 4.42 Å². The van der Waals surface area contributed by atoms with Crippen LogP contribution in [0.15, 0.2) is 47.2 Å². The Morgan fingerprint density at radius 3 is 2.62 bits per heavy atom. The van der Waals surface area contributed by atoms with Crippen molar-refractivity contribution in [3.05, 3.63) is 58.7 Å². The fraction of sp³-hybridized carbons (Fsp3) is 0.250. The summed E-state index contributed by atoms with van der Waals surface area (Å²) < 4.78 is 5.15. The zero-order valence-electron chi connectivity index (χ0n) is 12.9. The first-order valence-corrected chi connectivity index (χ1v) is 7.49. The number of hydrogen-bond donors (Lipinski definition) is 0. The van der Waals surface area contributed by atoms with Gasteiger partial charge in [-0.15, -0.1) is 0 Å². The molecule has 3 heterocycles. The van der Waals surface area contributed by atoms with Crippen molar-refractivity contribution in [3.63, 3.8) is 0 Å². The van der Waals surface area contributed by atoms with Crippen LogP contribution in [0.25, 0.3) is 6.08 Å². The van der Waals surface area contributed by atoms with Gasteiger partial charge in [-0.2, -0.15) is 0 Å². The van der Waals surface area contributed by atoms with Gasteiger partial charge in [0.1, 0.15) is 5.76 Å². The lowest BCUT2D eigenvalue weighted by molar-refractivity contribution is -0.389. The molecule has 1 saturated heterocycles. The molecule has 124 valence electrons. The van der Waals surface area contributed by atoms with Crippen molar-refractivity contribution in [2.24, 2.45) is 0 Å². The van der Waals surface area contributed by atoms with Crippen LogP contribution in [-0.4, -0.2) is 46.9 Å². The molecule has 8 nitrogen and oxygen atoms in total. The number of nitro groups is 1. The van der Waals surface area contributed by atoms with Crippen LogP contribution in [0.4, 0.5) is 11.5 Å². The van der Waals surface area contributed by atoms with Crippen molar-refractivity contribution in [1.29, 1.82) is 0 Å². The van der Waals surface area contributed by atoms with Gasteiger partial charge in [-0.25, -0.2) is 0 Å². The predicted molar refractivity (Wildman–Crippen MR) is 87.4 cm³/mol. The van der Waals surface area contributed by atoms with E-state index in [0.717, 1.165) is 5.69 Å². The molecule has 8 heteroatoms. The van der Waals surface area contributed by atoms with E-state index in [1.807, 2.05) is 0 Å². The molecule has 0 radical (unpaired) electrons. The van der Waals surface area contributed by atoms with Crippen LogP contribution < -0.4 is 4.90 Å². The number of aromatic nitrogens is 1. The highest BCUT2D eigenvalue weighted by atomic mass is 16.6. The van der Waals surface area contributed by atoms with Crippen molar-refractivity contribution in [2.45, 2.75) is 0 Å². The highest BCUT2D eigenvalue weighted by molar-refractivity contribution is 5.91. The van der Waals surface area contributed by atoms with Crippen LogP contribution >= 0.6 is 0 Å². The summed E-state index contributed by atoms with van der Waals surface area (Å²) in [7, 11) is 0. The number of amides is 1. The number of carbonyl (C=O) groups excluding carboxylic acids is 1. The van der Waals surface area contributed by atoms with E-state index in [-0.39, 0.29) is 11.7 Å². The van der Waals surface area contributed by atoms with Crippen LogP contribution in [0.2, 0.25) is 0 Å². The molecular weight excluding hydrogens is 312 g/mol. The first-order chi connectivity index (χ1) is 11.6. The van der Waals surface area contributed by atoms with Gasteiger partial charge in [0.25, 0.3) is 0 Å². The molecule has 0 bridgehead atoms. The molecular formula is C16H16N4O4. The zero-order valence-corrected chi connectivity index (χ0v) is 12.9. The Morgan fingerprint density at radius 1 is 1.25 bits per heavy atom. The topological polar surface area (TPSA) is 92.7 Å². The molecule has 2 aromatic rings. The van der Waals surface area contributed by atoms with Crippen molar-refractivity contribution < 1.29 is 14.1 Å². The Morgan fingerprint density at radius 2 is 2.04 bits per heavy atom. The number of rotatable bonds is 4. The first kappa shape index (κ1) is 15.7. The standard InChI is InChI=1S/C16H16N4O4/c21-16(6-4-14-2-1-11-24-14)19-9-7-18(8-10-19)13-3-5-15(17-12-13)20(22)23/h1-6,11-12H,7-10H2/b6-4+. The lowest BCUT2D eigenvalue weighted by Crippen LogP contribution is -2.48. The summed E-state index contributed by atoms with van der Waals surface area (Å²) in [5.74, 6) is 0.405. The molecule has 0 spiro atoms. The molecule has 0 saturated carbocycles. The van der Waals surface area contributed by atoms with Gasteiger partial charge >= 0.3 is 5.82 Å². The minimum atomic E-state index is -0.522. The number of nitrogens with zero attached hydrogens (tertiary/aromatic N) is 4. The Bertz CT molecular complexity index is 732. The summed E-state index contributed by atoms with van der Waals surface area (Å²) in [5.41, 5.74) is 0.818. The van der Waals surface area contributed by atoms with Gasteiger partial charge in [0.05, 0.1) is 12.0 Å². The average Bonchev–Trinajstić information content (AvgIpc) is 3.13. The molecule has 1 fully saturated rings. The highest BCUT2D eigenvalue weighted by Crippen LogP contribution is 2.18. The van der Waals surface area contributed by atoms with Crippen LogP contribution in [0.1, 0.15) is 5.76 Å². The van der Waals surface area contributed by atoms with E-state index in [9.17, 15) is 14.9 Å². The lowest BCUT2D eigenvalue weighted by atomic mass is 10.2. The maximum Gasteiger partial charge on any atom is 0.363 e. The molecule has 0 atom stereocenters. The van der Waals surface area contributed by atoms with E-state index < -0.39 is 4.92 Å². The van der Waals surface area contributed by atoms with Crippen molar-refractivity contribution in [3.8, 4) is 0 Å². The lowest BCUT2D eigenvalue weighted by Gasteiger charge is -2.35. The molecule has 1 amide bonds. The minimum absolute atomic E-state index is 0.0622. The second-order valence-electron chi connectivity index (χ2n) is 5.29. The monoisotopic (exact) mass is 328 g/mol. The Balaban J connectivity index is 1.55. The predicted octanol–water partition coefficient (Wildman–Crippen LogP) is 1.94. The third-order valence-corrected chi connectivity index (χ3v) is 3.81. The third-order valence-electron chi connectivity index (χ3n) is 3.81. The van der Waals surface area contributed by atoms with Crippen molar-refractivity contribution >= 4 is 23.5 Å². The second kappa shape index (κ2) is 6.95. The van der Waals surface area contributed by atoms with E-state index in [2.05, 4.69) is 9.88 Å². The summed E-state index contributed by atoms with van der Waals surface area (Å²) in [6.07, 6.45) is 6.20. The fourth-order valence-corrected chi connectivity index (χ4v) is 2.50. The van der Waals surface area contributed by atoms with E-state index in [1.54, 1.807) is 35.4 Å². The molecule has 0 N–H and O–H groups in total. The molecule has 3 rings (SSSR count). The molecule has 0 aromatic carbocycles. The van der Waals surface area contributed by atoms with Crippen molar-refractivity contribution in [1.82, 2.24) is 9.88 Å². The van der Waals surface area contributed by atoms with Crippen LogP contribution in [0.5, 0.6) is 0 Å². The number of piperazine rings is 1. The molecule has 2 aromatic heterocycles. The number of carbonyl (C=O) groups is 1. The average molecular weight is 328 g/mol. The van der Waals surface area contributed by atoms with Gasteiger partial charge in [-0.1, -0.05) is 0 Å². The maximum atomic E-state index is 12.1. The third kappa shape index (κ3) is 3.60. The van der Waals surface area contributed by atoms with Crippen LogP contribution in [0.3, 0.4) is 0 Å². The number of anilines is 1. The SMILES string of the molecule is O=C(/C=C/c1ccco1)N1CCN(c2ccc([N+](=O)[O-])nc2)CC1. The Hall–Kier alpha value is -3.16. The Kier molecular flexibility index (Phi) is 4.55. The van der Waals surface area contributed by atoms with Crippen molar-refractivity contribution in [2.75, 3.05) is 31.1 Å². The number of furan rings is 1. The van der Waals surface area contributed by atoms with Gasteiger partial charge in [0.2, 0.25) is 5.91 Å². The maximum absolute atomic E-state index is 12.1. The summed E-state index contributed by atoms with van der Waals surface area (Å²) in [4.78, 5) is 29.9. The van der Waals surface area contributed by atoms with E-state index in [1.165, 1.54) is 18.3 Å². The number of hydrogen-bond acceptors (Lipinski definition) is 6. The highest BCUT2D eigenvalue weighted by Gasteiger charge is 2.21. The minimum Gasteiger partial charge on any atom is -0.465 e. The van der Waals surface area contributed by atoms with Gasteiger partial charge in [-0.3, -0.25) is 4.79 Å². The smallest absolute Gasteiger partial charge is 0.363 e. The van der Waals surface area contributed by atoms with E-state index in [0.29, 0.717) is 31.9 Å². The quantitative estimate of drug-likeness (QED) is 0.484. The summed E-state index contributed by atoms with van der Waals surface area (Å²) in [5, 5.41) is 10.6. The van der Waals surface area contributed by atoms with Gasteiger partial charge in [-0.05, 0) is 34.2 Å². The summed E-state index contributed by atoms with van der Waals surface area (Å²) >= 11 is 0. The second-order valence-corrected chi connectivity index (χ2v) is 5.29. The molecule has 1 aliphatic heterocycles. The van der Waals surface area contributed by atoms with Gasteiger partial charge in [0.15, 0.2) is 6.20 Å². The fourth-order valence-electron chi connectivity index (χ4n) is 2.50. The summed E-state index contributed by atoms with van der Waals surface area (Å²) in [6.45, 7) is 2.47. The zero-order chi connectivity index (χ0) is 16.9. The molecule has 0 aliphatic carbocycles. The van der Waals surface area contributed by atoms with Gasteiger partial charge < -0.3 is 24.3 Å². The van der Waals surface area contributed by atoms with Gasteiger partial charge in [0, 0.05) is 38.3 Å². The van der Waals surface area contributed by atoms with E-state index >= 15 is 0 Å². The summed E-state index contributed by atoms with van der Waals surface area (Å²) in [6, 6.07) is 6.61. The first-order valence-electron chi connectivity index (χ1n) is 7.49. The number of pyridine rings is 1. The molecule has 1 aliphatic rings. The van der Waals surface area contributed by atoms with Crippen LogP contribution in [-0.2, 0) is 4.79 Å². The molecule has 24 heavy (non-hydrogen) atoms.